The standard InChI is InChI=1S/C16H24O4S/c1-3-4-5-6-7-15-16(20-15)12-19-21(17,18)14-10-8-13(2)9-11-14/h8-11,15-16H,3-7,12H2,1-2H3. The second kappa shape index (κ2) is 7.38. The molecule has 0 spiro atoms. The van der Waals surface area contributed by atoms with Gasteiger partial charge in [-0.1, -0.05) is 50.3 Å². The van der Waals surface area contributed by atoms with Gasteiger partial charge in [0.25, 0.3) is 10.1 Å². The zero-order chi connectivity index (χ0) is 15.3. The van der Waals surface area contributed by atoms with E-state index in [-0.39, 0.29) is 23.7 Å². The van der Waals surface area contributed by atoms with Crippen LogP contribution in [0.25, 0.3) is 0 Å². The molecule has 0 saturated carbocycles. The van der Waals surface area contributed by atoms with Crippen molar-refractivity contribution in [2.24, 2.45) is 0 Å². The van der Waals surface area contributed by atoms with Crippen molar-refractivity contribution in [1.29, 1.82) is 0 Å². The molecule has 0 amide bonds. The summed E-state index contributed by atoms with van der Waals surface area (Å²) in [4.78, 5) is 0.202. The van der Waals surface area contributed by atoms with Gasteiger partial charge in [0, 0.05) is 0 Å². The third-order valence-electron chi connectivity index (χ3n) is 3.73. The minimum absolute atomic E-state index is 0.0631. The number of ether oxygens (including phenoxy) is 1. The van der Waals surface area contributed by atoms with Crippen LogP contribution in [0.15, 0.2) is 29.2 Å². The summed E-state index contributed by atoms with van der Waals surface area (Å²) in [5, 5.41) is 0. The molecule has 2 rings (SSSR count). The number of aryl methyl sites for hydroxylation is 1. The molecule has 118 valence electrons. The lowest BCUT2D eigenvalue weighted by molar-refractivity contribution is 0.262. The van der Waals surface area contributed by atoms with Crippen molar-refractivity contribution in [2.75, 3.05) is 6.61 Å². The fourth-order valence-corrected chi connectivity index (χ4v) is 3.20. The molecular formula is C16H24O4S. The van der Waals surface area contributed by atoms with Crippen LogP contribution < -0.4 is 0 Å². The first-order valence-electron chi connectivity index (χ1n) is 7.64. The summed E-state index contributed by atoms with van der Waals surface area (Å²) in [6.07, 6.45) is 5.92. The van der Waals surface area contributed by atoms with Crippen molar-refractivity contribution in [3.63, 3.8) is 0 Å². The van der Waals surface area contributed by atoms with E-state index < -0.39 is 10.1 Å². The third-order valence-corrected chi connectivity index (χ3v) is 5.02. The van der Waals surface area contributed by atoms with Crippen molar-refractivity contribution in [3.05, 3.63) is 29.8 Å². The number of epoxide rings is 1. The van der Waals surface area contributed by atoms with Crippen LogP contribution in [0.5, 0.6) is 0 Å². The quantitative estimate of drug-likeness (QED) is 0.398. The van der Waals surface area contributed by atoms with E-state index in [9.17, 15) is 8.42 Å². The summed E-state index contributed by atoms with van der Waals surface area (Å²) in [6, 6.07) is 6.67. The van der Waals surface area contributed by atoms with Gasteiger partial charge >= 0.3 is 0 Å². The van der Waals surface area contributed by atoms with Crippen molar-refractivity contribution >= 4 is 10.1 Å². The third kappa shape index (κ3) is 5.09. The maximum absolute atomic E-state index is 12.0. The van der Waals surface area contributed by atoms with Gasteiger partial charge in [-0.05, 0) is 25.5 Å². The molecule has 5 heteroatoms. The molecule has 0 N–H and O–H groups in total. The van der Waals surface area contributed by atoms with E-state index in [1.165, 1.54) is 19.3 Å². The highest BCUT2D eigenvalue weighted by Gasteiger charge is 2.39. The lowest BCUT2D eigenvalue weighted by Gasteiger charge is -2.04. The average Bonchev–Trinajstić information content (AvgIpc) is 3.21. The highest BCUT2D eigenvalue weighted by Crippen LogP contribution is 2.28. The molecule has 0 aromatic heterocycles. The van der Waals surface area contributed by atoms with Crippen LogP contribution in [0.2, 0.25) is 0 Å². The van der Waals surface area contributed by atoms with Gasteiger partial charge in [0.05, 0.1) is 17.6 Å². The van der Waals surface area contributed by atoms with Crippen LogP contribution in [0, 0.1) is 6.92 Å². The van der Waals surface area contributed by atoms with E-state index in [1.54, 1.807) is 24.3 Å². The fraction of sp³-hybridized carbons (Fsp3) is 0.625. The molecule has 1 aromatic rings. The number of benzene rings is 1. The van der Waals surface area contributed by atoms with Gasteiger partial charge in [0.15, 0.2) is 0 Å². The van der Waals surface area contributed by atoms with Gasteiger partial charge in [-0.3, -0.25) is 4.18 Å². The largest absolute Gasteiger partial charge is 0.367 e. The Bertz CT molecular complexity index is 536. The molecule has 1 aliphatic rings. The minimum atomic E-state index is -3.66. The van der Waals surface area contributed by atoms with Crippen molar-refractivity contribution in [2.45, 2.75) is 63.1 Å². The number of rotatable bonds is 9. The molecule has 4 nitrogen and oxygen atoms in total. The molecule has 2 atom stereocenters. The van der Waals surface area contributed by atoms with Gasteiger partial charge < -0.3 is 4.74 Å². The summed E-state index contributed by atoms with van der Waals surface area (Å²) in [7, 11) is -3.66. The molecule has 1 heterocycles. The second-order valence-electron chi connectivity index (χ2n) is 5.61. The Morgan fingerprint density at radius 2 is 1.81 bits per heavy atom. The van der Waals surface area contributed by atoms with Crippen LogP contribution in [0.3, 0.4) is 0 Å². The molecule has 1 saturated heterocycles. The predicted molar refractivity (Wildman–Crippen MR) is 81.7 cm³/mol. The molecule has 0 bridgehead atoms. The molecule has 21 heavy (non-hydrogen) atoms. The van der Waals surface area contributed by atoms with Gasteiger partial charge in [0.1, 0.15) is 6.10 Å². The Morgan fingerprint density at radius 3 is 2.48 bits per heavy atom. The van der Waals surface area contributed by atoms with Crippen LogP contribution >= 0.6 is 0 Å². The first-order valence-corrected chi connectivity index (χ1v) is 9.05. The van der Waals surface area contributed by atoms with E-state index in [1.807, 2.05) is 6.92 Å². The highest BCUT2D eigenvalue weighted by molar-refractivity contribution is 7.86. The van der Waals surface area contributed by atoms with E-state index >= 15 is 0 Å². The first kappa shape index (κ1) is 16.5. The smallest absolute Gasteiger partial charge is 0.297 e. The Balaban J connectivity index is 1.72. The van der Waals surface area contributed by atoms with Crippen LogP contribution in [0.1, 0.15) is 44.6 Å². The molecular weight excluding hydrogens is 288 g/mol. The van der Waals surface area contributed by atoms with Gasteiger partial charge in [-0.25, -0.2) is 0 Å². The number of hydrogen-bond acceptors (Lipinski definition) is 4. The summed E-state index contributed by atoms with van der Waals surface area (Å²) in [5.74, 6) is 0. The zero-order valence-corrected chi connectivity index (χ0v) is 13.6. The Morgan fingerprint density at radius 1 is 1.10 bits per heavy atom. The zero-order valence-electron chi connectivity index (χ0n) is 12.7. The molecule has 1 aromatic carbocycles. The maximum Gasteiger partial charge on any atom is 0.297 e. The highest BCUT2D eigenvalue weighted by atomic mass is 32.2. The van der Waals surface area contributed by atoms with Gasteiger partial charge in [-0.2, -0.15) is 8.42 Å². The topological polar surface area (TPSA) is 55.9 Å². The summed E-state index contributed by atoms with van der Waals surface area (Å²) in [5.41, 5.74) is 1.02. The normalized spacial score (nSPS) is 21.4. The van der Waals surface area contributed by atoms with Gasteiger partial charge in [0.2, 0.25) is 0 Å². The second-order valence-corrected chi connectivity index (χ2v) is 7.23. The minimum Gasteiger partial charge on any atom is -0.367 e. The summed E-state index contributed by atoms with van der Waals surface area (Å²) in [6.45, 7) is 4.22. The van der Waals surface area contributed by atoms with E-state index in [0.29, 0.717) is 0 Å². The van der Waals surface area contributed by atoms with Gasteiger partial charge in [-0.15, -0.1) is 0 Å². The number of unbranched alkanes of at least 4 members (excludes halogenated alkanes) is 3. The lowest BCUT2D eigenvalue weighted by atomic mass is 10.1. The van der Waals surface area contributed by atoms with Crippen molar-refractivity contribution in [3.8, 4) is 0 Å². The van der Waals surface area contributed by atoms with E-state index in [0.717, 1.165) is 18.4 Å². The predicted octanol–water partition coefficient (Wildman–Crippen LogP) is 3.44. The van der Waals surface area contributed by atoms with Crippen LogP contribution in [-0.4, -0.2) is 27.2 Å². The fourth-order valence-electron chi connectivity index (χ4n) is 2.28. The maximum atomic E-state index is 12.0. The molecule has 0 radical (unpaired) electrons. The summed E-state index contributed by atoms with van der Waals surface area (Å²) >= 11 is 0. The van der Waals surface area contributed by atoms with Crippen molar-refractivity contribution in [1.82, 2.24) is 0 Å². The molecule has 0 aliphatic carbocycles. The van der Waals surface area contributed by atoms with Crippen molar-refractivity contribution < 1.29 is 17.3 Å². The Hall–Kier alpha value is -0.910. The lowest BCUT2D eigenvalue weighted by Crippen LogP contribution is -2.12. The van der Waals surface area contributed by atoms with Crippen LogP contribution in [-0.2, 0) is 19.0 Å². The average molecular weight is 312 g/mol. The monoisotopic (exact) mass is 312 g/mol. The summed E-state index contributed by atoms with van der Waals surface area (Å²) < 4.78 is 34.6. The number of hydrogen-bond donors (Lipinski definition) is 0. The Kier molecular flexibility index (Phi) is 5.79. The van der Waals surface area contributed by atoms with E-state index in [2.05, 4.69) is 6.92 Å². The molecule has 1 fully saturated rings. The van der Waals surface area contributed by atoms with E-state index in [4.69, 9.17) is 8.92 Å². The SMILES string of the molecule is CCCCCCC1OC1COS(=O)(=O)c1ccc(C)cc1. The molecule has 1 aliphatic heterocycles. The first-order chi connectivity index (χ1) is 10.0. The molecule has 2 unspecified atom stereocenters. The Labute approximate surface area is 127 Å². The van der Waals surface area contributed by atoms with Crippen LogP contribution in [0.4, 0.5) is 0 Å².